The first-order valence-electron chi connectivity index (χ1n) is 9.68. The van der Waals surface area contributed by atoms with Gasteiger partial charge in [-0.2, -0.15) is 0 Å². The molecule has 7 heteroatoms. The van der Waals surface area contributed by atoms with Crippen molar-refractivity contribution in [2.24, 2.45) is 5.92 Å². The second-order valence-corrected chi connectivity index (χ2v) is 8.15. The fourth-order valence-corrected chi connectivity index (χ4v) is 3.35. The van der Waals surface area contributed by atoms with Gasteiger partial charge in [0.2, 0.25) is 0 Å². The Morgan fingerprint density at radius 1 is 1.10 bits per heavy atom. The van der Waals surface area contributed by atoms with Crippen LogP contribution in [0.25, 0.3) is 11.1 Å². The van der Waals surface area contributed by atoms with Crippen molar-refractivity contribution in [2.45, 2.75) is 38.6 Å². The van der Waals surface area contributed by atoms with Crippen LogP contribution in [0, 0.1) is 5.92 Å². The van der Waals surface area contributed by atoms with Gasteiger partial charge in [-0.25, -0.2) is 4.98 Å². The van der Waals surface area contributed by atoms with E-state index in [1.807, 2.05) is 26.0 Å². The maximum atomic E-state index is 12.5. The number of hydrogen-bond donors (Lipinski definition) is 2. The third-order valence-electron chi connectivity index (χ3n) is 4.98. The molecule has 0 aliphatic heterocycles. The van der Waals surface area contributed by atoms with Crippen molar-refractivity contribution >= 4 is 40.2 Å². The van der Waals surface area contributed by atoms with Crippen molar-refractivity contribution in [3.05, 3.63) is 58.9 Å². The molecule has 0 radical (unpaired) electrons. The lowest BCUT2D eigenvalue weighted by Crippen LogP contribution is -2.39. The number of halogens is 1. The summed E-state index contributed by atoms with van der Waals surface area (Å²) in [5.74, 6) is -0.177. The number of benzene rings is 2. The van der Waals surface area contributed by atoms with Gasteiger partial charge in [-0.15, -0.1) is 0 Å². The maximum absolute atomic E-state index is 12.5. The first-order chi connectivity index (χ1) is 13.9. The van der Waals surface area contributed by atoms with Gasteiger partial charge < -0.3 is 15.1 Å². The van der Waals surface area contributed by atoms with E-state index in [0.717, 1.165) is 24.3 Å². The summed E-state index contributed by atoms with van der Waals surface area (Å²) in [5, 5.41) is 6.07. The maximum Gasteiger partial charge on any atom is 0.313 e. The number of fused-ring (bicyclic) bond motifs is 1. The Morgan fingerprint density at radius 2 is 1.83 bits per heavy atom. The molecule has 1 saturated carbocycles. The molecule has 1 fully saturated rings. The van der Waals surface area contributed by atoms with Crippen LogP contribution in [0.2, 0.25) is 5.02 Å². The highest BCUT2D eigenvalue weighted by molar-refractivity contribution is 6.39. The van der Waals surface area contributed by atoms with E-state index < -0.39 is 11.8 Å². The number of anilines is 1. The minimum atomic E-state index is -0.727. The molecule has 4 rings (SSSR count). The van der Waals surface area contributed by atoms with Gasteiger partial charge in [0.25, 0.3) is 0 Å². The highest BCUT2D eigenvalue weighted by Gasteiger charge is 2.29. The molecule has 1 heterocycles. The topological polar surface area (TPSA) is 84.2 Å². The molecular weight excluding hydrogens is 390 g/mol. The Hall–Kier alpha value is -2.86. The van der Waals surface area contributed by atoms with Crippen LogP contribution in [-0.4, -0.2) is 16.8 Å². The molecule has 1 aliphatic rings. The van der Waals surface area contributed by atoms with Crippen LogP contribution >= 0.6 is 11.6 Å². The molecular formula is C22H22ClN3O3. The number of nitrogens with zero attached hydrogens (tertiary/aromatic N) is 1. The standard InChI is InChI=1S/C22H22ClN3O3/c1-12(2)19(13-5-7-15(23)8-6-13)26-21(28)20(27)24-16-9-10-18-17(11-16)25-22(29-18)14-3-4-14/h5-12,14,19H,3-4H2,1-2H3,(H,24,27)(H,26,28)/t19-/m1/s1. The largest absolute Gasteiger partial charge is 0.440 e. The van der Waals surface area contributed by atoms with Crippen LogP contribution in [0.4, 0.5) is 5.69 Å². The van der Waals surface area contributed by atoms with E-state index in [1.165, 1.54) is 0 Å². The van der Waals surface area contributed by atoms with E-state index >= 15 is 0 Å². The molecule has 1 atom stereocenters. The van der Waals surface area contributed by atoms with Crippen LogP contribution in [0.15, 0.2) is 46.9 Å². The molecule has 0 saturated heterocycles. The third kappa shape index (κ3) is 4.43. The molecule has 2 aromatic carbocycles. The first-order valence-corrected chi connectivity index (χ1v) is 10.1. The average molecular weight is 412 g/mol. The van der Waals surface area contributed by atoms with Crippen molar-refractivity contribution in [1.29, 1.82) is 0 Å². The third-order valence-corrected chi connectivity index (χ3v) is 5.23. The van der Waals surface area contributed by atoms with Gasteiger partial charge >= 0.3 is 11.8 Å². The predicted octanol–water partition coefficient (Wildman–Crippen LogP) is 4.81. The number of oxazole rings is 1. The van der Waals surface area contributed by atoms with Gasteiger partial charge in [-0.1, -0.05) is 37.6 Å². The number of carbonyl (C=O) groups is 2. The second kappa shape index (κ2) is 7.87. The van der Waals surface area contributed by atoms with Gasteiger partial charge in [0.15, 0.2) is 11.5 Å². The molecule has 1 aromatic heterocycles. The summed E-state index contributed by atoms with van der Waals surface area (Å²) in [6.45, 7) is 3.96. The summed E-state index contributed by atoms with van der Waals surface area (Å²) in [7, 11) is 0. The Bertz CT molecular complexity index is 1050. The molecule has 6 nitrogen and oxygen atoms in total. The zero-order chi connectivity index (χ0) is 20.5. The smallest absolute Gasteiger partial charge is 0.313 e. The second-order valence-electron chi connectivity index (χ2n) is 7.71. The van der Waals surface area contributed by atoms with Crippen molar-refractivity contribution in [3.8, 4) is 0 Å². The lowest BCUT2D eigenvalue weighted by atomic mass is 9.96. The molecule has 0 unspecified atom stereocenters. The van der Waals surface area contributed by atoms with Gasteiger partial charge in [-0.05, 0) is 54.7 Å². The lowest BCUT2D eigenvalue weighted by Gasteiger charge is -2.22. The summed E-state index contributed by atoms with van der Waals surface area (Å²) >= 11 is 5.94. The summed E-state index contributed by atoms with van der Waals surface area (Å²) in [4.78, 5) is 29.4. The quantitative estimate of drug-likeness (QED) is 0.590. The van der Waals surface area contributed by atoms with Gasteiger partial charge in [0, 0.05) is 16.6 Å². The highest BCUT2D eigenvalue weighted by Crippen LogP contribution is 2.40. The van der Waals surface area contributed by atoms with Crippen LogP contribution in [-0.2, 0) is 9.59 Å². The van der Waals surface area contributed by atoms with Crippen LogP contribution in [0.5, 0.6) is 0 Å². The zero-order valence-corrected chi connectivity index (χ0v) is 17.0. The Labute approximate surface area is 173 Å². The molecule has 2 amide bonds. The Morgan fingerprint density at radius 3 is 2.48 bits per heavy atom. The first kappa shape index (κ1) is 19.5. The molecule has 3 aromatic rings. The molecule has 150 valence electrons. The summed E-state index contributed by atoms with van der Waals surface area (Å²) in [5.41, 5.74) is 2.74. The fraction of sp³-hybridized carbons (Fsp3) is 0.318. The molecule has 29 heavy (non-hydrogen) atoms. The lowest BCUT2D eigenvalue weighted by molar-refractivity contribution is -0.136. The van der Waals surface area contributed by atoms with E-state index in [-0.39, 0.29) is 12.0 Å². The average Bonchev–Trinajstić information content (AvgIpc) is 3.46. The van der Waals surface area contributed by atoms with E-state index in [0.29, 0.717) is 27.7 Å². The number of aromatic nitrogens is 1. The van der Waals surface area contributed by atoms with Crippen molar-refractivity contribution < 1.29 is 14.0 Å². The number of hydrogen-bond acceptors (Lipinski definition) is 4. The van der Waals surface area contributed by atoms with E-state index in [1.54, 1.807) is 30.3 Å². The minimum Gasteiger partial charge on any atom is -0.440 e. The van der Waals surface area contributed by atoms with E-state index in [4.69, 9.17) is 16.0 Å². The Kier molecular flexibility index (Phi) is 5.28. The van der Waals surface area contributed by atoms with Crippen molar-refractivity contribution in [1.82, 2.24) is 10.3 Å². The minimum absolute atomic E-state index is 0.0975. The number of carbonyl (C=O) groups excluding carboxylic acids is 2. The number of rotatable bonds is 5. The number of amides is 2. The Balaban J connectivity index is 1.44. The summed E-state index contributed by atoms with van der Waals surface area (Å²) < 4.78 is 5.72. The molecule has 2 N–H and O–H groups in total. The van der Waals surface area contributed by atoms with Crippen LogP contribution in [0.3, 0.4) is 0 Å². The van der Waals surface area contributed by atoms with Gasteiger partial charge in [-0.3, -0.25) is 9.59 Å². The van der Waals surface area contributed by atoms with E-state index in [2.05, 4.69) is 15.6 Å². The SMILES string of the molecule is CC(C)[C@@H](NC(=O)C(=O)Nc1ccc2oc(C3CC3)nc2c1)c1ccc(Cl)cc1. The highest BCUT2D eigenvalue weighted by atomic mass is 35.5. The van der Waals surface area contributed by atoms with Crippen molar-refractivity contribution in [3.63, 3.8) is 0 Å². The van der Waals surface area contributed by atoms with Gasteiger partial charge in [0.1, 0.15) is 5.52 Å². The van der Waals surface area contributed by atoms with Crippen LogP contribution < -0.4 is 10.6 Å². The van der Waals surface area contributed by atoms with Gasteiger partial charge in [0.05, 0.1) is 6.04 Å². The molecule has 1 aliphatic carbocycles. The van der Waals surface area contributed by atoms with Crippen molar-refractivity contribution in [2.75, 3.05) is 5.32 Å². The zero-order valence-electron chi connectivity index (χ0n) is 16.2. The monoisotopic (exact) mass is 411 g/mol. The van der Waals surface area contributed by atoms with E-state index in [9.17, 15) is 9.59 Å². The predicted molar refractivity (Wildman–Crippen MR) is 112 cm³/mol. The van der Waals surface area contributed by atoms with Crippen LogP contribution in [0.1, 0.15) is 50.1 Å². The molecule has 0 bridgehead atoms. The summed E-state index contributed by atoms with van der Waals surface area (Å²) in [6, 6.07) is 12.1. The summed E-state index contributed by atoms with van der Waals surface area (Å²) in [6.07, 6.45) is 2.20. The fourth-order valence-electron chi connectivity index (χ4n) is 3.23. The molecule has 0 spiro atoms. The number of nitrogens with one attached hydrogen (secondary N) is 2. The normalized spacial score (nSPS) is 14.8.